The molecule has 1 fully saturated rings. The maximum absolute atomic E-state index is 12.0. The van der Waals surface area contributed by atoms with Gasteiger partial charge in [0.05, 0.1) is 6.04 Å². The first-order valence-electron chi connectivity index (χ1n) is 7.36. The first kappa shape index (κ1) is 15.4. The Morgan fingerprint density at radius 1 is 1.39 bits per heavy atom. The molecule has 0 aromatic heterocycles. The average molecular weight is 255 g/mol. The van der Waals surface area contributed by atoms with Gasteiger partial charge in [0.2, 0.25) is 0 Å². The molecule has 0 aromatic rings. The van der Waals surface area contributed by atoms with Gasteiger partial charge in [0, 0.05) is 12.6 Å². The van der Waals surface area contributed by atoms with Crippen LogP contribution in [0, 0.1) is 5.92 Å². The number of nitrogens with two attached hydrogens (primary N) is 1. The quantitative estimate of drug-likeness (QED) is 0.416. The second-order valence-electron chi connectivity index (χ2n) is 5.84. The zero-order valence-electron chi connectivity index (χ0n) is 12.1. The van der Waals surface area contributed by atoms with E-state index in [1.54, 1.807) is 0 Å². The molecule has 106 valence electrons. The van der Waals surface area contributed by atoms with E-state index in [0.29, 0.717) is 12.0 Å². The highest BCUT2D eigenvalue weighted by Crippen LogP contribution is 2.27. The molecule has 0 spiro atoms. The highest BCUT2D eigenvalue weighted by molar-refractivity contribution is 5.81. The summed E-state index contributed by atoms with van der Waals surface area (Å²) in [5, 5.41) is 0. The van der Waals surface area contributed by atoms with E-state index in [1.807, 2.05) is 0 Å². The first-order valence-corrected chi connectivity index (χ1v) is 7.36. The molecule has 18 heavy (non-hydrogen) atoms. The molecule has 0 radical (unpaired) electrons. The van der Waals surface area contributed by atoms with Crippen LogP contribution in [0.5, 0.6) is 0 Å². The van der Waals surface area contributed by atoms with Crippen molar-refractivity contribution in [2.45, 2.75) is 71.4 Å². The third kappa shape index (κ3) is 4.25. The number of hydrogen-bond donors (Lipinski definition) is 2. The van der Waals surface area contributed by atoms with Crippen LogP contribution in [-0.2, 0) is 4.79 Å². The molecule has 1 unspecified atom stereocenters. The van der Waals surface area contributed by atoms with Gasteiger partial charge in [0.15, 0.2) is 0 Å². The lowest BCUT2D eigenvalue weighted by Crippen LogP contribution is -2.53. The summed E-state index contributed by atoms with van der Waals surface area (Å²) < 4.78 is 0. The van der Waals surface area contributed by atoms with Crippen LogP contribution >= 0.6 is 0 Å². The summed E-state index contributed by atoms with van der Waals surface area (Å²) >= 11 is 0. The molecule has 0 heterocycles. The molecule has 0 saturated heterocycles. The molecule has 1 rings (SSSR count). The maximum atomic E-state index is 12.0. The fourth-order valence-corrected chi connectivity index (χ4v) is 3.01. The number of rotatable bonds is 7. The highest BCUT2D eigenvalue weighted by atomic mass is 16.2. The van der Waals surface area contributed by atoms with E-state index in [-0.39, 0.29) is 11.9 Å². The van der Waals surface area contributed by atoms with Gasteiger partial charge in [-0.25, -0.2) is 5.84 Å². The number of nitrogens with zero attached hydrogens (tertiary/aromatic N) is 1. The third-order valence-electron chi connectivity index (χ3n) is 3.78. The molecular weight excluding hydrogens is 226 g/mol. The Balaban J connectivity index is 2.78. The average Bonchev–Trinajstić information content (AvgIpc) is 2.86. The number of hydrazine groups is 1. The van der Waals surface area contributed by atoms with Crippen LogP contribution < -0.4 is 11.3 Å². The van der Waals surface area contributed by atoms with E-state index >= 15 is 0 Å². The molecule has 1 amide bonds. The lowest BCUT2D eigenvalue weighted by molar-refractivity contribution is -0.128. The standard InChI is InChI=1S/C14H29N3O/c1-4-7-13(14(18)16-15)17(10-11(2)3)12-8-5-6-9-12/h11-13H,4-10,15H2,1-3H3,(H,16,18). The topological polar surface area (TPSA) is 58.4 Å². The highest BCUT2D eigenvalue weighted by Gasteiger charge is 2.32. The number of carbonyl (C=O) groups is 1. The maximum Gasteiger partial charge on any atom is 0.251 e. The zero-order chi connectivity index (χ0) is 13.5. The largest absolute Gasteiger partial charge is 0.293 e. The number of hydrogen-bond acceptors (Lipinski definition) is 3. The number of amides is 1. The van der Waals surface area contributed by atoms with Crippen LogP contribution in [0.25, 0.3) is 0 Å². The summed E-state index contributed by atoms with van der Waals surface area (Å²) in [4.78, 5) is 14.4. The van der Waals surface area contributed by atoms with E-state index < -0.39 is 0 Å². The van der Waals surface area contributed by atoms with Crippen molar-refractivity contribution >= 4 is 5.91 Å². The SMILES string of the molecule is CCCC(C(=O)NN)N(CC(C)C)C1CCCC1. The van der Waals surface area contributed by atoms with E-state index in [0.717, 1.165) is 19.4 Å². The molecule has 1 saturated carbocycles. The Labute approximate surface area is 111 Å². The van der Waals surface area contributed by atoms with E-state index in [2.05, 4.69) is 31.1 Å². The van der Waals surface area contributed by atoms with Gasteiger partial charge in [-0.3, -0.25) is 15.1 Å². The van der Waals surface area contributed by atoms with Gasteiger partial charge >= 0.3 is 0 Å². The fourth-order valence-electron chi connectivity index (χ4n) is 3.01. The van der Waals surface area contributed by atoms with Crippen molar-refractivity contribution < 1.29 is 4.79 Å². The molecule has 4 nitrogen and oxygen atoms in total. The van der Waals surface area contributed by atoms with Gasteiger partial charge in [-0.2, -0.15) is 0 Å². The van der Waals surface area contributed by atoms with Crippen LogP contribution in [0.1, 0.15) is 59.3 Å². The molecule has 0 aromatic carbocycles. The molecule has 1 aliphatic carbocycles. The predicted molar refractivity (Wildman–Crippen MR) is 74.8 cm³/mol. The molecule has 4 heteroatoms. The van der Waals surface area contributed by atoms with Crippen molar-refractivity contribution in [1.29, 1.82) is 0 Å². The minimum Gasteiger partial charge on any atom is -0.293 e. The van der Waals surface area contributed by atoms with Gasteiger partial charge in [-0.1, -0.05) is 40.0 Å². The second-order valence-corrected chi connectivity index (χ2v) is 5.84. The van der Waals surface area contributed by atoms with E-state index in [1.165, 1.54) is 25.7 Å². The van der Waals surface area contributed by atoms with Crippen molar-refractivity contribution in [2.75, 3.05) is 6.54 Å². The lowest BCUT2D eigenvalue weighted by Gasteiger charge is -2.36. The minimum absolute atomic E-state index is 0.0237. The minimum atomic E-state index is -0.0505. The van der Waals surface area contributed by atoms with Crippen LogP contribution in [0.4, 0.5) is 0 Å². The Kier molecular flexibility index (Phi) is 6.65. The van der Waals surface area contributed by atoms with Gasteiger partial charge in [-0.15, -0.1) is 0 Å². The van der Waals surface area contributed by atoms with E-state index in [9.17, 15) is 4.79 Å². The van der Waals surface area contributed by atoms with Crippen LogP contribution in [0.15, 0.2) is 0 Å². The molecule has 3 N–H and O–H groups in total. The smallest absolute Gasteiger partial charge is 0.251 e. The Bertz CT molecular complexity index is 249. The summed E-state index contributed by atoms with van der Waals surface area (Å²) in [5.41, 5.74) is 2.35. The summed E-state index contributed by atoms with van der Waals surface area (Å²) in [6.45, 7) is 7.54. The van der Waals surface area contributed by atoms with Crippen LogP contribution in [-0.4, -0.2) is 29.4 Å². The monoisotopic (exact) mass is 255 g/mol. The summed E-state index contributed by atoms with van der Waals surface area (Å²) in [6, 6.07) is 0.520. The van der Waals surface area contributed by atoms with Crippen molar-refractivity contribution in [3.63, 3.8) is 0 Å². The summed E-state index contributed by atoms with van der Waals surface area (Å²) in [6.07, 6.45) is 6.95. The number of nitrogens with one attached hydrogen (secondary N) is 1. The van der Waals surface area contributed by atoms with Gasteiger partial charge in [0.1, 0.15) is 0 Å². The van der Waals surface area contributed by atoms with Crippen molar-refractivity contribution in [2.24, 2.45) is 11.8 Å². The Morgan fingerprint density at radius 2 is 2.00 bits per heavy atom. The summed E-state index contributed by atoms with van der Waals surface area (Å²) in [5.74, 6) is 5.90. The zero-order valence-corrected chi connectivity index (χ0v) is 12.1. The predicted octanol–water partition coefficient (Wildman–Crippen LogP) is 2.05. The number of carbonyl (C=O) groups excluding carboxylic acids is 1. The molecular formula is C14H29N3O. The van der Waals surface area contributed by atoms with Crippen molar-refractivity contribution in [3.05, 3.63) is 0 Å². The Hall–Kier alpha value is -0.610. The second kappa shape index (κ2) is 7.74. The van der Waals surface area contributed by atoms with Crippen molar-refractivity contribution in [1.82, 2.24) is 10.3 Å². The van der Waals surface area contributed by atoms with Crippen LogP contribution in [0.3, 0.4) is 0 Å². The molecule has 0 aliphatic heterocycles. The van der Waals surface area contributed by atoms with Gasteiger partial charge < -0.3 is 0 Å². The lowest BCUT2D eigenvalue weighted by atomic mass is 10.0. The summed E-state index contributed by atoms with van der Waals surface area (Å²) in [7, 11) is 0. The fraction of sp³-hybridized carbons (Fsp3) is 0.929. The van der Waals surface area contributed by atoms with Gasteiger partial charge in [0.25, 0.3) is 5.91 Å². The Morgan fingerprint density at radius 3 is 2.44 bits per heavy atom. The molecule has 1 atom stereocenters. The van der Waals surface area contributed by atoms with E-state index in [4.69, 9.17) is 5.84 Å². The molecule has 1 aliphatic rings. The third-order valence-corrected chi connectivity index (χ3v) is 3.78. The van der Waals surface area contributed by atoms with Crippen molar-refractivity contribution in [3.8, 4) is 0 Å². The normalized spacial score (nSPS) is 18.6. The molecule has 0 bridgehead atoms. The first-order chi connectivity index (χ1) is 8.60. The van der Waals surface area contributed by atoms with Gasteiger partial charge in [-0.05, 0) is 25.2 Å². The van der Waals surface area contributed by atoms with Crippen LogP contribution in [0.2, 0.25) is 0 Å².